The van der Waals surface area contributed by atoms with Crippen molar-refractivity contribution in [1.82, 2.24) is 15.1 Å². The summed E-state index contributed by atoms with van der Waals surface area (Å²) < 4.78 is 20.8. The van der Waals surface area contributed by atoms with Crippen LogP contribution in [0.5, 0.6) is 5.75 Å². The van der Waals surface area contributed by atoms with E-state index in [1.54, 1.807) is 16.9 Å². The first-order valence-electron chi connectivity index (χ1n) is 6.66. The van der Waals surface area contributed by atoms with E-state index in [9.17, 15) is 4.39 Å². The van der Waals surface area contributed by atoms with Crippen LogP contribution in [0.3, 0.4) is 0 Å². The van der Waals surface area contributed by atoms with Crippen molar-refractivity contribution < 1.29 is 9.13 Å². The third kappa shape index (κ3) is 4.06. The fourth-order valence-corrected chi connectivity index (χ4v) is 1.85. The Labute approximate surface area is 118 Å². The average Bonchev–Trinajstić information content (AvgIpc) is 2.81. The summed E-state index contributed by atoms with van der Waals surface area (Å²) in [4.78, 5) is 0. The molecule has 4 nitrogen and oxygen atoms in total. The highest BCUT2D eigenvalue weighted by molar-refractivity contribution is 5.34. The Balaban J connectivity index is 2.05. The number of hydrogen-bond donors (Lipinski definition) is 1. The van der Waals surface area contributed by atoms with Crippen molar-refractivity contribution in [2.24, 2.45) is 7.05 Å². The smallest absolute Gasteiger partial charge is 0.124 e. The van der Waals surface area contributed by atoms with E-state index in [-0.39, 0.29) is 5.82 Å². The largest absolute Gasteiger partial charge is 0.488 e. The number of halogens is 1. The Morgan fingerprint density at radius 2 is 2.20 bits per heavy atom. The Bertz CT molecular complexity index is 566. The monoisotopic (exact) mass is 277 g/mol. The van der Waals surface area contributed by atoms with Gasteiger partial charge in [0.05, 0.1) is 6.20 Å². The van der Waals surface area contributed by atoms with Crippen LogP contribution in [0.4, 0.5) is 4.39 Å². The highest BCUT2D eigenvalue weighted by Crippen LogP contribution is 2.21. The maximum Gasteiger partial charge on any atom is 0.124 e. The first kappa shape index (κ1) is 14.5. The highest BCUT2D eigenvalue weighted by atomic mass is 19.1. The molecule has 20 heavy (non-hydrogen) atoms. The normalized spacial score (nSPS) is 11.1. The van der Waals surface area contributed by atoms with Crippen LogP contribution in [0.2, 0.25) is 0 Å². The highest BCUT2D eigenvalue weighted by Gasteiger charge is 2.07. The van der Waals surface area contributed by atoms with E-state index in [2.05, 4.69) is 24.3 Å². The molecule has 5 heteroatoms. The molecule has 0 spiro atoms. The molecule has 1 N–H and O–H groups in total. The number of hydrogen-bond acceptors (Lipinski definition) is 3. The van der Waals surface area contributed by atoms with E-state index >= 15 is 0 Å². The average molecular weight is 277 g/mol. The van der Waals surface area contributed by atoms with Crippen LogP contribution in [-0.2, 0) is 20.2 Å². The SMILES string of the molecule is CC(C)NCc1cc(F)ccc1OCc1cnn(C)c1. The van der Waals surface area contributed by atoms with Gasteiger partial charge in [-0.25, -0.2) is 4.39 Å². The van der Waals surface area contributed by atoms with Crippen LogP contribution >= 0.6 is 0 Å². The zero-order valence-corrected chi connectivity index (χ0v) is 12.1. The zero-order chi connectivity index (χ0) is 14.5. The minimum Gasteiger partial charge on any atom is -0.488 e. The van der Waals surface area contributed by atoms with Crippen molar-refractivity contribution in [3.05, 3.63) is 47.5 Å². The number of nitrogens with one attached hydrogen (secondary N) is 1. The topological polar surface area (TPSA) is 39.1 Å². The summed E-state index contributed by atoms with van der Waals surface area (Å²) in [6.45, 7) is 5.11. The molecule has 0 bridgehead atoms. The third-order valence-electron chi connectivity index (χ3n) is 2.88. The van der Waals surface area contributed by atoms with Crippen LogP contribution < -0.4 is 10.1 Å². The fraction of sp³-hybridized carbons (Fsp3) is 0.400. The van der Waals surface area contributed by atoms with Crippen LogP contribution in [0, 0.1) is 5.82 Å². The lowest BCUT2D eigenvalue weighted by molar-refractivity contribution is 0.301. The van der Waals surface area contributed by atoms with E-state index in [1.807, 2.05) is 13.2 Å². The van der Waals surface area contributed by atoms with Gasteiger partial charge in [-0.05, 0) is 18.2 Å². The molecule has 0 radical (unpaired) electrons. The molecule has 2 rings (SSSR count). The van der Waals surface area contributed by atoms with Crippen molar-refractivity contribution >= 4 is 0 Å². The number of rotatable bonds is 6. The van der Waals surface area contributed by atoms with Crippen molar-refractivity contribution in [2.45, 2.75) is 33.0 Å². The van der Waals surface area contributed by atoms with Gasteiger partial charge in [0.2, 0.25) is 0 Å². The summed E-state index contributed by atoms with van der Waals surface area (Å²) in [6, 6.07) is 4.93. The summed E-state index contributed by atoms with van der Waals surface area (Å²) in [5.41, 5.74) is 1.81. The molecule has 0 aliphatic carbocycles. The van der Waals surface area contributed by atoms with Crippen LogP contribution in [0.25, 0.3) is 0 Å². The van der Waals surface area contributed by atoms with Gasteiger partial charge in [-0.1, -0.05) is 13.8 Å². The van der Waals surface area contributed by atoms with Gasteiger partial charge in [-0.2, -0.15) is 5.10 Å². The van der Waals surface area contributed by atoms with E-state index < -0.39 is 0 Å². The molecule has 0 unspecified atom stereocenters. The van der Waals surface area contributed by atoms with Gasteiger partial charge in [0.25, 0.3) is 0 Å². The second kappa shape index (κ2) is 6.52. The Kier molecular flexibility index (Phi) is 4.74. The van der Waals surface area contributed by atoms with Gasteiger partial charge >= 0.3 is 0 Å². The number of nitrogens with zero attached hydrogens (tertiary/aromatic N) is 2. The van der Waals surface area contributed by atoms with Gasteiger partial charge in [0.15, 0.2) is 0 Å². The second-order valence-corrected chi connectivity index (χ2v) is 5.10. The lowest BCUT2D eigenvalue weighted by Gasteiger charge is -2.13. The summed E-state index contributed by atoms with van der Waals surface area (Å²) in [6.07, 6.45) is 3.66. The maximum absolute atomic E-state index is 13.3. The quantitative estimate of drug-likeness (QED) is 0.882. The zero-order valence-electron chi connectivity index (χ0n) is 12.1. The second-order valence-electron chi connectivity index (χ2n) is 5.10. The number of benzene rings is 1. The van der Waals surface area contributed by atoms with Crippen molar-refractivity contribution in [2.75, 3.05) is 0 Å². The molecule has 0 aliphatic heterocycles. The van der Waals surface area contributed by atoms with Crippen LogP contribution in [-0.4, -0.2) is 15.8 Å². The first-order valence-corrected chi connectivity index (χ1v) is 6.66. The number of ether oxygens (including phenoxy) is 1. The lowest BCUT2D eigenvalue weighted by Crippen LogP contribution is -2.22. The van der Waals surface area contributed by atoms with Crippen LogP contribution in [0.15, 0.2) is 30.6 Å². The Hall–Kier alpha value is -1.88. The molecule has 1 aromatic heterocycles. The van der Waals surface area contributed by atoms with E-state index in [0.717, 1.165) is 11.1 Å². The first-order chi connectivity index (χ1) is 9.54. The Morgan fingerprint density at radius 3 is 2.85 bits per heavy atom. The molecular formula is C15H20FN3O. The van der Waals surface area contributed by atoms with Crippen molar-refractivity contribution in [3.63, 3.8) is 0 Å². The lowest BCUT2D eigenvalue weighted by atomic mass is 10.2. The van der Waals surface area contributed by atoms with Crippen molar-refractivity contribution in [3.8, 4) is 5.75 Å². The van der Waals surface area contributed by atoms with Gasteiger partial charge < -0.3 is 10.1 Å². The molecule has 0 amide bonds. The van der Waals surface area contributed by atoms with Gasteiger partial charge in [0, 0.05) is 37.0 Å². The molecule has 0 atom stereocenters. The minimum atomic E-state index is -0.251. The van der Waals surface area contributed by atoms with Crippen molar-refractivity contribution in [1.29, 1.82) is 0 Å². The molecule has 0 aliphatic rings. The van der Waals surface area contributed by atoms with E-state index in [4.69, 9.17) is 4.74 Å². The molecule has 0 saturated heterocycles. The summed E-state index contributed by atoms with van der Waals surface area (Å²) >= 11 is 0. The van der Waals surface area contributed by atoms with Crippen LogP contribution in [0.1, 0.15) is 25.0 Å². The van der Waals surface area contributed by atoms with Gasteiger partial charge in [-0.15, -0.1) is 0 Å². The standard InChI is InChI=1S/C15H20FN3O/c1-11(2)17-8-13-6-14(16)4-5-15(13)20-10-12-7-18-19(3)9-12/h4-7,9,11,17H,8,10H2,1-3H3. The van der Waals surface area contributed by atoms with E-state index in [0.29, 0.717) is 24.9 Å². The number of aromatic nitrogens is 2. The molecular weight excluding hydrogens is 257 g/mol. The van der Waals surface area contributed by atoms with Gasteiger partial charge in [0.1, 0.15) is 18.2 Å². The molecule has 1 aromatic carbocycles. The summed E-state index contributed by atoms with van der Waals surface area (Å²) in [5, 5.41) is 7.36. The molecule has 1 heterocycles. The van der Waals surface area contributed by atoms with Gasteiger partial charge in [-0.3, -0.25) is 4.68 Å². The van der Waals surface area contributed by atoms with E-state index in [1.165, 1.54) is 12.1 Å². The summed E-state index contributed by atoms with van der Waals surface area (Å²) in [7, 11) is 1.86. The Morgan fingerprint density at radius 1 is 1.40 bits per heavy atom. The maximum atomic E-state index is 13.3. The predicted octanol–water partition coefficient (Wildman–Crippen LogP) is 2.64. The predicted molar refractivity (Wildman–Crippen MR) is 75.9 cm³/mol. The summed E-state index contributed by atoms with van der Waals surface area (Å²) in [5.74, 6) is 0.447. The molecule has 0 saturated carbocycles. The third-order valence-corrected chi connectivity index (χ3v) is 2.88. The fourth-order valence-electron chi connectivity index (χ4n) is 1.85. The minimum absolute atomic E-state index is 0.251. The molecule has 108 valence electrons. The number of aryl methyl sites for hydroxylation is 1. The molecule has 2 aromatic rings. The molecule has 0 fully saturated rings.